The van der Waals surface area contributed by atoms with E-state index in [2.05, 4.69) is 31.5 Å². The first-order valence-electron chi connectivity index (χ1n) is 9.30. The molecular weight excluding hydrogens is 501 g/mol. The highest BCUT2D eigenvalue weighted by Crippen LogP contribution is 2.36. The molecule has 0 aliphatic carbocycles. The fourth-order valence-corrected chi connectivity index (χ4v) is 3.55. The molecule has 156 valence electrons. The molecule has 0 radical (unpaired) electrons. The van der Waals surface area contributed by atoms with Gasteiger partial charge in [-0.1, -0.05) is 57.3 Å². The second kappa shape index (κ2) is 9.56. The van der Waals surface area contributed by atoms with Gasteiger partial charge in [0.05, 0.1) is 11.6 Å². The molecule has 0 saturated carbocycles. The summed E-state index contributed by atoms with van der Waals surface area (Å²) in [6, 6.07) is 21.6. The lowest BCUT2D eigenvalue weighted by atomic mass is 10.1. The van der Waals surface area contributed by atoms with Gasteiger partial charge in [-0.25, -0.2) is 9.78 Å². The zero-order valence-electron chi connectivity index (χ0n) is 16.0. The van der Waals surface area contributed by atoms with E-state index in [-0.39, 0.29) is 12.6 Å². The Morgan fingerprint density at radius 3 is 2.39 bits per heavy atom. The molecule has 5 nitrogen and oxygen atoms in total. The van der Waals surface area contributed by atoms with Crippen LogP contribution in [0.25, 0.3) is 22.6 Å². The fourth-order valence-electron chi connectivity index (χ4n) is 2.94. The average Bonchev–Trinajstić information content (AvgIpc) is 3.19. The van der Waals surface area contributed by atoms with Crippen molar-refractivity contribution in [3.8, 4) is 22.6 Å². The number of oxazole rings is 1. The Balaban J connectivity index is 1.57. The molecule has 1 heterocycles. The first-order valence-corrected chi connectivity index (χ1v) is 10.9. The maximum Gasteiger partial charge on any atom is 0.319 e. The summed E-state index contributed by atoms with van der Waals surface area (Å²) in [5, 5.41) is 6.69. The van der Waals surface area contributed by atoms with Crippen molar-refractivity contribution in [2.45, 2.75) is 6.54 Å². The third kappa shape index (κ3) is 5.28. The Kier molecular flexibility index (Phi) is 6.61. The Bertz CT molecular complexity index is 1210. The van der Waals surface area contributed by atoms with Gasteiger partial charge in [0.2, 0.25) is 5.89 Å². The fraction of sp³-hybridized carbons (Fsp3) is 0.0435. The summed E-state index contributed by atoms with van der Waals surface area (Å²) < 4.78 is 6.94. The summed E-state index contributed by atoms with van der Waals surface area (Å²) >= 11 is 15.8. The van der Waals surface area contributed by atoms with Crippen molar-refractivity contribution < 1.29 is 9.21 Å². The number of halogens is 3. The van der Waals surface area contributed by atoms with Crippen LogP contribution in [-0.4, -0.2) is 11.0 Å². The van der Waals surface area contributed by atoms with Crippen LogP contribution < -0.4 is 10.6 Å². The van der Waals surface area contributed by atoms with Crippen LogP contribution in [-0.2, 0) is 6.54 Å². The average molecular weight is 517 g/mol. The molecule has 0 aliphatic heterocycles. The number of nitrogens with one attached hydrogen (secondary N) is 2. The third-order valence-electron chi connectivity index (χ3n) is 4.41. The van der Waals surface area contributed by atoms with Gasteiger partial charge in [0.15, 0.2) is 5.76 Å². The monoisotopic (exact) mass is 515 g/mol. The minimum atomic E-state index is -0.368. The van der Waals surface area contributed by atoms with Crippen LogP contribution in [0.2, 0.25) is 10.0 Å². The lowest BCUT2D eigenvalue weighted by molar-refractivity contribution is 0.250. The van der Waals surface area contributed by atoms with E-state index < -0.39 is 0 Å². The van der Waals surface area contributed by atoms with Crippen LogP contribution in [0.1, 0.15) is 5.89 Å². The second-order valence-electron chi connectivity index (χ2n) is 6.59. The van der Waals surface area contributed by atoms with Gasteiger partial charge in [0, 0.05) is 26.3 Å². The van der Waals surface area contributed by atoms with E-state index in [1.54, 1.807) is 30.3 Å². The first-order chi connectivity index (χ1) is 15.0. The van der Waals surface area contributed by atoms with Gasteiger partial charge in [-0.15, -0.1) is 0 Å². The number of urea groups is 1. The van der Waals surface area contributed by atoms with Crippen molar-refractivity contribution >= 4 is 50.9 Å². The summed E-state index contributed by atoms with van der Waals surface area (Å²) in [7, 11) is 0. The SMILES string of the molecule is O=C(NCc1nc(-c2ccccc2Cl)c(-c2ccc(Cl)cc2)o1)Nc1ccc(Br)cc1. The molecule has 0 saturated heterocycles. The highest BCUT2D eigenvalue weighted by molar-refractivity contribution is 9.10. The summed E-state index contributed by atoms with van der Waals surface area (Å²) in [6.07, 6.45) is 0. The molecule has 0 bridgehead atoms. The molecule has 2 amide bonds. The number of rotatable bonds is 5. The van der Waals surface area contributed by atoms with Crippen molar-refractivity contribution in [3.05, 3.63) is 93.2 Å². The van der Waals surface area contributed by atoms with Crippen LogP contribution in [0.5, 0.6) is 0 Å². The van der Waals surface area contributed by atoms with Gasteiger partial charge >= 0.3 is 6.03 Å². The van der Waals surface area contributed by atoms with Crippen LogP contribution in [0, 0.1) is 0 Å². The van der Waals surface area contributed by atoms with Crippen LogP contribution in [0.3, 0.4) is 0 Å². The molecule has 4 aromatic rings. The first kappa shape index (κ1) is 21.4. The molecular formula is C23H16BrCl2N3O2. The molecule has 3 aromatic carbocycles. The maximum atomic E-state index is 12.3. The zero-order chi connectivity index (χ0) is 21.8. The molecule has 0 fully saturated rings. The highest BCUT2D eigenvalue weighted by atomic mass is 79.9. The van der Waals surface area contributed by atoms with E-state index in [4.69, 9.17) is 27.6 Å². The predicted molar refractivity (Wildman–Crippen MR) is 127 cm³/mol. The maximum absolute atomic E-state index is 12.3. The van der Waals surface area contributed by atoms with E-state index in [0.29, 0.717) is 33.1 Å². The smallest absolute Gasteiger partial charge is 0.319 e. The Morgan fingerprint density at radius 1 is 0.968 bits per heavy atom. The lowest BCUT2D eigenvalue weighted by Gasteiger charge is -2.06. The number of carbonyl (C=O) groups is 1. The van der Waals surface area contributed by atoms with E-state index in [1.165, 1.54) is 0 Å². The predicted octanol–water partition coefficient (Wildman–Crippen LogP) is 7.40. The third-order valence-corrected chi connectivity index (χ3v) is 5.52. The number of carbonyl (C=O) groups excluding carboxylic acids is 1. The zero-order valence-corrected chi connectivity index (χ0v) is 19.1. The Morgan fingerprint density at radius 2 is 1.68 bits per heavy atom. The summed E-state index contributed by atoms with van der Waals surface area (Å²) in [4.78, 5) is 16.9. The molecule has 1 aromatic heterocycles. The number of aromatic nitrogens is 1. The van der Waals surface area contributed by atoms with Gasteiger partial charge in [-0.2, -0.15) is 0 Å². The number of hydrogen-bond acceptors (Lipinski definition) is 3. The molecule has 8 heteroatoms. The standard InChI is InChI=1S/C23H16BrCl2N3O2/c24-15-7-11-17(12-8-15)28-23(30)27-13-20-29-21(18-3-1-2-4-19(18)26)22(31-20)14-5-9-16(25)10-6-14/h1-12H,13H2,(H2,27,28,30). The molecule has 0 aliphatic rings. The summed E-state index contributed by atoms with van der Waals surface area (Å²) in [5.74, 6) is 0.903. The summed E-state index contributed by atoms with van der Waals surface area (Å²) in [5.41, 5.74) is 2.81. The van der Waals surface area contributed by atoms with Gasteiger partial charge in [0.25, 0.3) is 0 Å². The number of benzene rings is 3. The lowest BCUT2D eigenvalue weighted by Crippen LogP contribution is -2.28. The van der Waals surface area contributed by atoms with E-state index in [1.807, 2.05) is 42.5 Å². The van der Waals surface area contributed by atoms with Crippen molar-refractivity contribution in [2.75, 3.05) is 5.32 Å². The van der Waals surface area contributed by atoms with Gasteiger partial charge in [-0.05, 0) is 54.6 Å². The van der Waals surface area contributed by atoms with Crippen LogP contribution >= 0.6 is 39.1 Å². The van der Waals surface area contributed by atoms with Crippen LogP contribution in [0.15, 0.2) is 81.7 Å². The van der Waals surface area contributed by atoms with Gasteiger partial charge in [-0.3, -0.25) is 0 Å². The number of nitrogens with zero attached hydrogens (tertiary/aromatic N) is 1. The molecule has 0 unspecified atom stereocenters. The van der Waals surface area contributed by atoms with Crippen molar-refractivity contribution in [1.29, 1.82) is 0 Å². The normalized spacial score (nSPS) is 10.7. The molecule has 0 atom stereocenters. The second-order valence-corrected chi connectivity index (χ2v) is 8.35. The van der Waals surface area contributed by atoms with E-state index in [0.717, 1.165) is 15.6 Å². The molecule has 31 heavy (non-hydrogen) atoms. The van der Waals surface area contributed by atoms with Crippen molar-refractivity contribution in [2.24, 2.45) is 0 Å². The van der Waals surface area contributed by atoms with Crippen molar-refractivity contribution in [1.82, 2.24) is 10.3 Å². The Hall–Kier alpha value is -2.80. The molecule has 2 N–H and O–H groups in total. The topological polar surface area (TPSA) is 67.2 Å². The minimum Gasteiger partial charge on any atom is -0.438 e. The van der Waals surface area contributed by atoms with Gasteiger partial charge < -0.3 is 15.1 Å². The minimum absolute atomic E-state index is 0.105. The van der Waals surface area contributed by atoms with Gasteiger partial charge in [0.1, 0.15) is 5.69 Å². The number of anilines is 1. The van der Waals surface area contributed by atoms with E-state index >= 15 is 0 Å². The Labute approximate surface area is 197 Å². The number of amides is 2. The highest BCUT2D eigenvalue weighted by Gasteiger charge is 2.19. The van der Waals surface area contributed by atoms with Crippen LogP contribution in [0.4, 0.5) is 10.5 Å². The largest absolute Gasteiger partial charge is 0.438 e. The molecule has 4 rings (SSSR count). The quantitative estimate of drug-likeness (QED) is 0.290. The number of hydrogen-bond donors (Lipinski definition) is 2. The summed E-state index contributed by atoms with van der Waals surface area (Å²) in [6.45, 7) is 0.105. The van der Waals surface area contributed by atoms with Crippen molar-refractivity contribution in [3.63, 3.8) is 0 Å². The van der Waals surface area contributed by atoms with E-state index in [9.17, 15) is 4.79 Å². The molecule has 0 spiro atoms.